The number of urea groups is 1. The Morgan fingerprint density at radius 3 is 2.42 bits per heavy atom. The number of anilines is 2. The average molecular weight is 475 g/mol. The molecule has 2 N–H and O–H groups in total. The standard InChI is InChI=1S/C25H22N4O2S2/c30-23(28-24-27-20-8-4-5-9-21(20)33-24)22-11-10-19(32-22)16-17-12-14-29(15-13-17)25(31)26-18-6-2-1-3-7-18/h1-11,16H,12-15H2,(H,26,31)(H,27,28,30). The van der Waals surface area contributed by atoms with Gasteiger partial charge in [-0.15, -0.1) is 11.3 Å². The van der Waals surface area contributed by atoms with Gasteiger partial charge < -0.3 is 10.2 Å². The number of hydrogen-bond donors (Lipinski definition) is 2. The summed E-state index contributed by atoms with van der Waals surface area (Å²) in [4.78, 5) is 33.1. The Bertz CT molecular complexity index is 1280. The molecule has 2 aromatic heterocycles. The van der Waals surface area contributed by atoms with Crippen molar-refractivity contribution in [2.24, 2.45) is 0 Å². The number of carbonyl (C=O) groups is 2. The van der Waals surface area contributed by atoms with Crippen molar-refractivity contribution < 1.29 is 9.59 Å². The number of carbonyl (C=O) groups excluding carboxylic acids is 2. The molecule has 1 fully saturated rings. The molecule has 0 saturated carbocycles. The first-order valence-electron chi connectivity index (χ1n) is 10.7. The van der Waals surface area contributed by atoms with E-state index in [2.05, 4.69) is 21.7 Å². The first-order chi connectivity index (χ1) is 16.1. The van der Waals surface area contributed by atoms with Crippen LogP contribution in [-0.2, 0) is 0 Å². The van der Waals surface area contributed by atoms with E-state index >= 15 is 0 Å². The minimum Gasteiger partial charge on any atom is -0.324 e. The smallest absolute Gasteiger partial charge is 0.321 e. The van der Waals surface area contributed by atoms with E-state index in [0.717, 1.165) is 33.6 Å². The third-order valence-corrected chi connectivity index (χ3v) is 7.41. The Morgan fingerprint density at radius 1 is 0.879 bits per heavy atom. The molecule has 4 aromatic rings. The fourth-order valence-corrected chi connectivity index (χ4v) is 5.46. The Balaban J connectivity index is 1.17. The number of thiazole rings is 1. The zero-order valence-electron chi connectivity index (χ0n) is 17.8. The maximum Gasteiger partial charge on any atom is 0.321 e. The van der Waals surface area contributed by atoms with Crippen LogP contribution in [0.15, 0.2) is 72.3 Å². The molecule has 5 rings (SSSR count). The highest BCUT2D eigenvalue weighted by atomic mass is 32.1. The van der Waals surface area contributed by atoms with Crippen molar-refractivity contribution in [2.45, 2.75) is 12.8 Å². The molecule has 0 unspecified atom stereocenters. The van der Waals surface area contributed by atoms with Crippen molar-refractivity contribution in [1.82, 2.24) is 9.88 Å². The van der Waals surface area contributed by atoms with Crippen molar-refractivity contribution in [2.75, 3.05) is 23.7 Å². The van der Waals surface area contributed by atoms with Crippen LogP contribution in [0.4, 0.5) is 15.6 Å². The molecule has 1 aliphatic rings. The second-order valence-electron chi connectivity index (χ2n) is 7.73. The van der Waals surface area contributed by atoms with Gasteiger partial charge in [-0.05, 0) is 55.3 Å². The van der Waals surface area contributed by atoms with Gasteiger partial charge in [0, 0.05) is 23.7 Å². The topological polar surface area (TPSA) is 74.3 Å². The van der Waals surface area contributed by atoms with Crippen LogP contribution in [0.1, 0.15) is 27.4 Å². The van der Waals surface area contributed by atoms with E-state index in [1.807, 2.05) is 71.6 Å². The molecular weight excluding hydrogens is 452 g/mol. The molecule has 0 radical (unpaired) electrons. The molecule has 1 saturated heterocycles. The number of rotatable bonds is 4. The molecule has 166 valence electrons. The average Bonchev–Trinajstić information content (AvgIpc) is 3.46. The van der Waals surface area contributed by atoms with Crippen LogP contribution in [0.3, 0.4) is 0 Å². The summed E-state index contributed by atoms with van der Waals surface area (Å²) in [6.07, 6.45) is 3.80. The van der Waals surface area contributed by atoms with E-state index in [1.165, 1.54) is 28.2 Å². The van der Waals surface area contributed by atoms with Gasteiger partial charge in [-0.25, -0.2) is 9.78 Å². The van der Waals surface area contributed by atoms with E-state index in [0.29, 0.717) is 23.1 Å². The Labute approximate surface area is 199 Å². The van der Waals surface area contributed by atoms with E-state index in [1.54, 1.807) is 0 Å². The number of aromatic nitrogens is 1. The Morgan fingerprint density at radius 2 is 1.64 bits per heavy atom. The number of hydrogen-bond acceptors (Lipinski definition) is 5. The second-order valence-corrected chi connectivity index (χ2v) is 9.87. The van der Waals surface area contributed by atoms with Crippen LogP contribution in [-0.4, -0.2) is 34.9 Å². The predicted octanol–water partition coefficient (Wildman–Crippen LogP) is 6.32. The quantitative estimate of drug-likeness (QED) is 0.363. The molecule has 33 heavy (non-hydrogen) atoms. The zero-order valence-corrected chi connectivity index (χ0v) is 19.4. The van der Waals surface area contributed by atoms with Crippen molar-refractivity contribution >= 4 is 61.7 Å². The third-order valence-electron chi connectivity index (χ3n) is 5.43. The summed E-state index contributed by atoms with van der Waals surface area (Å²) in [6, 6.07) is 21.1. The molecule has 3 amide bonds. The summed E-state index contributed by atoms with van der Waals surface area (Å²) in [7, 11) is 0. The van der Waals surface area contributed by atoms with E-state index in [4.69, 9.17) is 0 Å². The van der Waals surface area contributed by atoms with Gasteiger partial charge in [0.1, 0.15) is 0 Å². The number of amides is 3. The number of para-hydroxylation sites is 2. The fraction of sp³-hybridized carbons (Fsp3) is 0.160. The van der Waals surface area contributed by atoms with Crippen molar-refractivity contribution in [3.8, 4) is 0 Å². The highest BCUT2D eigenvalue weighted by Crippen LogP contribution is 2.28. The van der Waals surface area contributed by atoms with Crippen LogP contribution >= 0.6 is 22.7 Å². The van der Waals surface area contributed by atoms with Gasteiger partial charge in [-0.1, -0.05) is 47.2 Å². The minimum atomic E-state index is -0.142. The molecular formula is C25H22N4O2S2. The first-order valence-corrected chi connectivity index (χ1v) is 12.3. The summed E-state index contributed by atoms with van der Waals surface area (Å²) in [5.41, 5.74) is 2.98. The van der Waals surface area contributed by atoms with E-state index in [-0.39, 0.29) is 11.9 Å². The monoisotopic (exact) mass is 474 g/mol. The summed E-state index contributed by atoms with van der Waals surface area (Å²) >= 11 is 2.94. The van der Waals surface area contributed by atoms with E-state index < -0.39 is 0 Å². The maximum atomic E-state index is 12.7. The lowest BCUT2D eigenvalue weighted by atomic mass is 10.0. The first kappa shape index (κ1) is 21.4. The summed E-state index contributed by atoms with van der Waals surface area (Å²) < 4.78 is 1.05. The summed E-state index contributed by atoms with van der Waals surface area (Å²) in [5, 5.41) is 6.46. The molecule has 0 aliphatic carbocycles. The largest absolute Gasteiger partial charge is 0.324 e. The Kier molecular flexibility index (Phi) is 6.19. The molecule has 8 heteroatoms. The lowest BCUT2D eigenvalue weighted by Crippen LogP contribution is -2.39. The molecule has 0 spiro atoms. The van der Waals surface area contributed by atoms with Crippen LogP contribution in [0.2, 0.25) is 0 Å². The highest BCUT2D eigenvalue weighted by molar-refractivity contribution is 7.22. The number of nitrogens with zero attached hydrogens (tertiary/aromatic N) is 2. The molecule has 3 heterocycles. The van der Waals surface area contributed by atoms with Crippen LogP contribution in [0, 0.1) is 0 Å². The third kappa shape index (κ3) is 5.13. The number of fused-ring (bicyclic) bond motifs is 1. The van der Waals surface area contributed by atoms with E-state index in [9.17, 15) is 9.59 Å². The number of likely N-dealkylation sites (tertiary alicyclic amines) is 1. The predicted molar refractivity (Wildman–Crippen MR) is 136 cm³/mol. The number of benzene rings is 2. The van der Waals surface area contributed by atoms with Crippen LogP contribution < -0.4 is 10.6 Å². The van der Waals surface area contributed by atoms with Crippen LogP contribution in [0.25, 0.3) is 16.3 Å². The SMILES string of the molecule is O=C(Nc1nc2ccccc2s1)c1ccc(C=C2CCN(C(=O)Nc3ccccc3)CC2)s1. The summed E-state index contributed by atoms with van der Waals surface area (Å²) in [5.74, 6) is -0.142. The fourth-order valence-electron chi connectivity index (χ4n) is 3.70. The normalized spacial score (nSPS) is 13.7. The highest BCUT2D eigenvalue weighted by Gasteiger charge is 2.19. The second kappa shape index (κ2) is 9.56. The number of piperidine rings is 1. The lowest BCUT2D eigenvalue weighted by Gasteiger charge is -2.28. The number of nitrogens with one attached hydrogen (secondary N) is 2. The van der Waals surface area contributed by atoms with Crippen molar-refractivity contribution in [3.63, 3.8) is 0 Å². The van der Waals surface area contributed by atoms with Crippen molar-refractivity contribution in [3.05, 3.63) is 82.1 Å². The lowest BCUT2D eigenvalue weighted by molar-refractivity contribution is 0.103. The molecule has 6 nitrogen and oxygen atoms in total. The molecule has 1 aliphatic heterocycles. The van der Waals surface area contributed by atoms with Gasteiger partial charge in [0.15, 0.2) is 5.13 Å². The van der Waals surface area contributed by atoms with Gasteiger partial charge >= 0.3 is 6.03 Å². The van der Waals surface area contributed by atoms with Gasteiger partial charge in [0.2, 0.25) is 0 Å². The number of thiophene rings is 1. The zero-order chi connectivity index (χ0) is 22.6. The Hall–Kier alpha value is -3.49. The van der Waals surface area contributed by atoms with Crippen LogP contribution in [0.5, 0.6) is 0 Å². The van der Waals surface area contributed by atoms with Gasteiger partial charge in [0.25, 0.3) is 5.91 Å². The minimum absolute atomic E-state index is 0.0646. The molecule has 2 aromatic carbocycles. The summed E-state index contributed by atoms with van der Waals surface area (Å²) in [6.45, 7) is 1.36. The van der Waals surface area contributed by atoms with Crippen molar-refractivity contribution in [1.29, 1.82) is 0 Å². The van der Waals surface area contributed by atoms with Gasteiger partial charge in [0.05, 0.1) is 15.1 Å². The molecule has 0 atom stereocenters. The molecule has 0 bridgehead atoms. The maximum absolute atomic E-state index is 12.7. The van der Waals surface area contributed by atoms with Gasteiger partial charge in [-0.3, -0.25) is 10.1 Å². The van der Waals surface area contributed by atoms with Gasteiger partial charge in [-0.2, -0.15) is 0 Å².